The first-order valence-electron chi connectivity index (χ1n) is 22.1. The Morgan fingerprint density at radius 2 is 1.52 bits per heavy atom. The van der Waals surface area contributed by atoms with Gasteiger partial charge in [0, 0.05) is 18.6 Å². The van der Waals surface area contributed by atoms with E-state index in [9.17, 15) is 34.1 Å². The van der Waals surface area contributed by atoms with Gasteiger partial charge < -0.3 is 25.5 Å². The number of halogens is 1. The average Bonchev–Trinajstić information content (AvgIpc) is 3.52. The number of likely N-dealkylation sites (tertiary alicyclic amines) is 1. The van der Waals surface area contributed by atoms with Gasteiger partial charge in [-0.1, -0.05) is 58.9 Å². The highest BCUT2D eigenvalue weighted by Crippen LogP contribution is 2.76. The third-order valence-corrected chi connectivity index (χ3v) is 19.1. The van der Waals surface area contributed by atoms with Crippen LogP contribution < -0.4 is 5.32 Å². The van der Waals surface area contributed by atoms with Gasteiger partial charge in [0.1, 0.15) is 0 Å². The Labute approximate surface area is 335 Å². The Morgan fingerprint density at radius 3 is 2.11 bits per heavy atom. The molecular weight excluding hydrogens is 708 g/mol. The molecule has 0 unspecified atom stereocenters. The van der Waals surface area contributed by atoms with Crippen molar-refractivity contribution in [2.45, 2.75) is 143 Å². The number of nitrogens with zero attached hydrogens (tertiary/aromatic N) is 1. The van der Waals surface area contributed by atoms with Gasteiger partial charge in [-0.2, -0.15) is 0 Å². The van der Waals surface area contributed by atoms with Crippen LogP contribution in [0, 0.1) is 62.1 Å². The number of allylic oxidation sites excluding steroid dienone is 5. The predicted octanol–water partition coefficient (Wildman–Crippen LogP) is 9.31. The van der Waals surface area contributed by atoms with Crippen molar-refractivity contribution in [3.05, 3.63) is 35.5 Å². The fourth-order valence-corrected chi connectivity index (χ4v) is 15.6. The normalized spacial score (nSPS) is 42.9. The summed E-state index contributed by atoms with van der Waals surface area (Å²) in [7, 11) is 0. The lowest BCUT2D eigenvalue weighted by molar-refractivity contribution is -0.221. The second kappa shape index (κ2) is 14.3. The highest BCUT2D eigenvalue weighted by molar-refractivity contribution is 5.98. The lowest BCUT2D eigenvalue weighted by Crippen LogP contribution is -2.68. The van der Waals surface area contributed by atoms with E-state index in [1.165, 1.54) is 55.2 Å². The van der Waals surface area contributed by atoms with Crippen LogP contribution in [0.15, 0.2) is 35.5 Å². The molecule has 5 fully saturated rings. The van der Waals surface area contributed by atoms with Crippen molar-refractivity contribution in [2.24, 2.45) is 62.1 Å². The molecule has 0 bridgehead atoms. The molecule has 0 aromatic heterocycles. The van der Waals surface area contributed by atoms with Gasteiger partial charge in [-0.3, -0.25) is 18.8 Å². The van der Waals surface area contributed by atoms with E-state index >= 15 is 0 Å². The van der Waals surface area contributed by atoms with Gasteiger partial charge >= 0.3 is 17.9 Å². The zero-order valence-electron chi connectivity index (χ0n) is 35.3. The molecule has 0 aromatic rings. The van der Waals surface area contributed by atoms with Crippen molar-refractivity contribution in [2.75, 3.05) is 32.9 Å². The third-order valence-electron chi connectivity index (χ3n) is 19.1. The standard InChI is InChI=1S/C47H71FN2O6/c1-30(2)32-12-19-47(49-26-29-50-27-23-46(24-28-50,39(53)54)40(55)56)21-20-43(6)34(37(32)47)8-9-36-42(5)15-13-33(41(3,4)35(42)14-16-44(36,43)7)31-10-17-45(18-11-31,22-25-48)38(51)52/h10,13,32,34-37,49H,1,8-9,11-12,14-29H2,2-7H3,(H,51,52)(H,53,54)(H,55,56)/t32-,34+,35-,36+,37+,42-,43+,44+,45+,47-/m0/s1. The molecule has 56 heavy (non-hydrogen) atoms. The molecule has 0 radical (unpaired) electrons. The summed E-state index contributed by atoms with van der Waals surface area (Å²) in [6.45, 7) is 21.7. The van der Waals surface area contributed by atoms with Crippen LogP contribution in [0.25, 0.3) is 0 Å². The number of aliphatic carboxylic acids is 3. The van der Waals surface area contributed by atoms with Crippen LogP contribution in [-0.2, 0) is 14.4 Å². The van der Waals surface area contributed by atoms with E-state index in [4.69, 9.17) is 0 Å². The smallest absolute Gasteiger partial charge is 0.321 e. The van der Waals surface area contributed by atoms with Crippen LogP contribution in [0.2, 0.25) is 0 Å². The lowest BCUT2D eigenvalue weighted by Gasteiger charge is -2.72. The third kappa shape index (κ3) is 6.03. The van der Waals surface area contributed by atoms with Crippen molar-refractivity contribution in [3.63, 3.8) is 0 Å². The first-order valence-corrected chi connectivity index (χ1v) is 22.1. The van der Waals surface area contributed by atoms with Crippen LogP contribution in [0.4, 0.5) is 4.39 Å². The second-order valence-electron chi connectivity index (χ2n) is 21.3. The summed E-state index contributed by atoms with van der Waals surface area (Å²) in [5.74, 6) is -0.521. The van der Waals surface area contributed by atoms with Gasteiger partial charge in [0.15, 0.2) is 5.41 Å². The van der Waals surface area contributed by atoms with Gasteiger partial charge in [0.05, 0.1) is 12.1 Å². The molecule has 9 heteroatoms. The summed E-state index contributed by atoms with van der Waals surface area (Å²) in [5.41, 5.74) is 2.01. The summed E-state index contributed by atoms with van der Waals surface area (Å²) in [4.78, 5) is 38.3. The Kier molecular flexibility index (Phi) is 10.7. The monoisotopic (exact) mass is 779 g/mol. The van der Waals surface area contributed by atoms with Crippen molar-refractivity contribution < 1.29 is 34.1 Å². The molecule has 4 saturated carbocycles. The minimum absolute atomic E-state index is 0.0273. The highest BCUT2D eigenvalue weighted by Gasteiger charge is 2.70. The Bertz CT molecular complexity index is 1660. The molecule has 10 atom stereocenters. The number of hydrogen-bond donors (Lipinski definition) is 4. The number of nitrogens with one attached hydrogen (secondary N) is 1. The number of alkyl halides is 1. The maximum Gasteiger partial charge on any atom is 0.321 e. The fourth-order valence-electron chi connectivity index (χ4n) is 15.6. The summed E-state index contributed by atoms with van der Waals surface area (Å²) in [5, 5.41) is 33.6. The van der Waals surface area contributed by atoms with Crippen molar-refractivity contribution in [1.29, 1.82) is 0 Å². The molecule has 4 N–H and O–H groups in total. The summed E-state index contributed by atoms with van der Waals surface area (Å²) in [6, 6.07) is 0. The Hall–Kier alpha value is -2.52. The minimum atomic E-state index is -1.67. The molecule has 1 aliphatic heterocycles. The molecule has 8 nitrogen and oxygen atoms in total. The number of fused-ring (bicyclic) bond motifs is 7. The van der Waals surface area contributed by atoms with E-state index in [1.54, 1.807) is 0 Å². The van der Waals surface area contributed by atoms with Crippen LogP contribution in [0.3, 0.4) is 0 Å². The van der Waals surface area contributed by atoms with Crippen LogP contribution in [0.5, 0.6) is 0 Å². The van der Waals surface area contributed by atoms with Crippen LogP contribution in [0.1, 0.15) is 138 Å². The molecule has 6 aliphatic carbocycles. The lowest BCUT2D eigenvalue weighted by atomic mass is 9.33. The molecule has 0 aromatic carbocycles. The number of carboxylic acid groups (broad SMARTS) is 3. The number of carbonyl (C=O) groups is 3. The van der Waals surface area contributed by atoms with Gasteiger partial charge in [-0.15, -0.1) is 0 Å². The van der Waals surface area contributed by atoms with E-state index in [-0.39, 0.29) is 46.5 Å². The second-order valence-corrected chi connectivity index (χ2v) is 21.3. The minimum Gasteiger partial charge on any atom is -0.481 e. The van der Waals surface area contributed by atoms with E-state index in [0.717, 1.165) is 32.4 Å². The van der Waals surface area contributed by atoms with Crippen molar-refractivity contribution in [1.82, 2.24) is 10.2 Å². The SMILES string of the molecule is C=C(C)[C@@H]1CC[C@]2(NCCN3CCC(C(=O)O)(C(=O)O)CC3)CC[C@]3(C)[C@H](CC[C@@H]4[C@@]5(C)CC=C(C6=CC[C@@](CCF)(C(=O)O)CC6)C(C)(C)[C@@H]5CC[C@]43C)[C@@H]12. The van der Waals surface area contributed by atoms with E-state index in [1.807, 2.05) is 0 Å². The number of hydrogen-bond acceptors (Lipinski definition) is 5. The van der Waals surface area contributed by atoms with Crippen molar-refractivity contribution in [3.8, 4) is 0 Å². The van der Waals surface area contributed by atoms with Crippen LogP contribution >= 0.6 is 0 Å². The molecule has 7 aliphatic rings. The molecule has 0 spiro atoms. The van der Waals surface area contributed by atoms with Gasteiger partial charge in [-0.05, 0) is 179 Å². The van der Waals surface area contributed by atoms with E-state index < -0.39 is 35.4 Å². The quantitative estimate of drug-likeness (QED) is 0.121. The largest absolute Gasteiger partial charge is 0.481 e. The van der Waals surface area contributed by atoms with Gasteiger partial charge in [0.25, 0.3) is 0 Å². The van der Waals surface area contributed by atoms with E-state index in [0.29, 0.717) is 61.9 Å². The first-order chi connectivity index (χ1) is 26.3. The maximum absolute atomic E-state index is 13.5. The van der Waals surface area contributed by atoms with E-state index in [2.05, 4.69) is 70.5 Å². The number of piperidine rings is 1. The number of carboxylic acids is 3. The Morgan fingerprint density at radius 1 is 0.821 bits per heavy atom. The summed E-state index contributed by atoms with van der Waals surface area (Å²) in [6.07, 6.45) is 17.4. The summed E-state index contributed by atoms with van der Waals surface area (Å²) < 4.78 is 13.5. The summed E-state index contributed by atoms with van der Waals surface area (Å²) >= 11 is 0. The molecule has 312 valence electrons. The van der Waals surface area contributed by atoms with Gasteiger partial charge in [0.2, 0.25) is 0 Å². The van der Waals surface area contributed by atoms with Gasteiger partial charge in [-0.25, -0.2) is 0 Å². The topological polar surface area (TPSA) is 127 Å². The van der Waals surface area contributed by atoms with Crippen molar-refractivity contribution >= 4 is 17.9 Å². The molecule has 1 heterocycles. The predicted molar refractivity (Wildman–Crippen MR) is 217 cm³/mol. The molecule has 0 amide bonds. The molecule has 1 saturated heterocycles. The average molecular weight is 779 g/mol. The number of rotatable bonds is 11. The molecule has 7 rings (SSSR count). The van der Waals surface area contributed by atoms with Crippen LogP contribution in [-0.4, -0.2) is 76.5 Å². The molecular formula is C47H71FN2O6. The fraction of sp³-hybridized carbons (Fsp3) is 0.809. The maximum atomic E-state index is 13.5. The zero-order valence-corrected chi connectivity index (χ0v) is 35.3. The zero-order chi connectivity index (χ0) is 40.7. The highest BCUT2D eigenvalue weighted by atomic mass is 19.1. The first kappa shape index (κ1) is 41.6. The Balaban J connectivity index is 1.10.